The quantitative estimate of drug-likeness (QED) is 0.561. The van der Waals surface area contributed by atoms with Crippen LogP contribution in [-0.4, -0.2) is 4.98 Å². The molecule has 0 saturated heterocycles. The van der Waals surface area contributed by atoms with Crippen molar-refractivity contribution in [3.63, 3.8) is 0 Å². The highest BCUT2D eigenvalue weighted by molar-refractivity contribution is 5.17. The molecular formula is C17H29N. The fraction of sp³-hybridized carbons (Fsp3) is 0.706. The van der Waals surface area contributed by atoms with Crippen molar-refractivity contribution in [1.82, 2.24) is 4.98 Å². The van der Waals surface area contributed by atoms with E-state index in [1.165, 1.54) is 57.1 Å². The van der Waals surface area contributed by atoms with Crippen LogP contribution in [0.3, 0.4) is 0 Å². The molecule has 18 heavy (non-hydrogen) atoms. The van der Waals surface area contributed by atoms with Crippen LogP contribution in [0.2, 0.25) is 0 Å². The van der Waals surface area contributed by atoms with Gasteiger partial charge in [0.2, 0.25) is 0 Å². The molecule has 0 aliphatic carbocycles. The summed E-state index contributed by atoms with van der Waals surface area (Å²) in [6, 6.07) is 6.41. The Bertz CT molecular complexity index is 297. The second kappa shape index (κ2) is 8.29. The summed E-state index contributed by atoms with van der Waals surface area (Å²) in [5, 5.41) is 0. The Morgan fingerprint density at radius 2 is 1.56 bits per heavy atom. The number of hydrogen-bond donors (Lipinski definition) is 0. The second-order valence-corrected chi connectivity index (χ2v) is 5.45. The van der Waals surface area contributed by atoms with Gasteiger partial charge < -0.3 is 0 Å². The van der Waals surface area contributed by atoms with E-state index in [-0.39, 0.29) is 0 Å². The van der Waals surface area contributed by atoms with Crippen molar-refractivity contribution < 1.29 is 0 Å². The van der Waals surface area contributed by atoms with Crippen LogP contribution in [0.1, 0.15) is 77.8 Å². The van der Waals surface area contributed by atoms with E-state index in [1.54, 1.807) is 0 Å². The standard InChI is InChI=1S/C17H29N/c1-4-7-13-17(12-6-3,14-8-5-2)16-11-9-10-15-18-16/h9-11,15H,4-8,12-14H2,1-3H3. The van der Waals surface area contributed by atoms with E-state index >= 15 is 0 Å². The molecule has 1 rings (SSSR count). The maximum absolute atomic E-state index is 4.68. The Kier molecular flexibility index (Phi) is 7.00. The van der Waals surface area contributed by atoms with Gasteiger partial charge in [0.1, 0.15) is 0 Å². The zero-order valence-electron chi connectivity index (χ0n) is 12.4. The maximum atomic E-state index is 4.68. The average Bonchev–Trinajstić information content (AvgIpc) is 2.43. The molecule has 1 nitrogen and oxygen atoms in total. The summed E-state index contributed by atoms with van der Waals surface area (Å²) in [6.07, 6.45) is 12.3. The molecule has 0 atom stereocenters. The highest BCUT2D eigenvalue weighted by atomic mass is 14.7. The third kappa shape index (κ3) is 4.12. The van der Waals surface area contributed by atoms with Crippen molar-refractivity contribution >= 4 is 0 Å². The van der Waals surface area contributed by atoms with E-state index < -0.39 is 0 Å². The first-order valence-corrected chi connectivity index (χ1v) is 7.70. The van der Waals surface area contributed by atoms with Gasteiger partial charge in [0.05, 0.1) is 0 Å². The molecule has 0 aliphatic heterocycles. The molecule has 0 N–H and O–H groups in total. The minimum absolute atomic E-state index is 0.335. The van der Waals surface area contributed by atoms with Crippen LogP contribution in [0.25, 0.3) is 0 Å². The Morgan fingerprint density at radius 1 is 0.889 bits per heavy atom. The van der Waals surface area contributed by atoms with Gasteiger partial charge in [-0.15, -0.1) is 0 Å². The van der Waals surface area contributed by atoms with Gasteiger partial charge in [-0.05, 0) is 31.4 Å². The largest absolute Gasteiger partial charge is 0.261 e. The van der Waals surface area contributed by atoms with Crippen LogP contribution in [-0.2, 0) is 5.41 Å². The van der Waals surface area contributed by atoms with E-state index in [0.717, 1.165) is 0 Å². The van der Waals surface area contributed by atoms with E-state index in [2.05, 4.69) is 37.9 Å². The van der Waals surface area contributed by atoms with E-state index in [4.69, 9.17) is 0 Å². The van der Waals surface area contributed by atoms with Gasteiger partial charge in [0.15, 0.2) is 0 Å². The monoisotopic (exact) mass is 247 g/mol. The van der Waals surface area contributed by atoms with Crippen LogP contribution in [0.5, 0.6) is 0 Å². The number of nitrogens with zero attached hydrogens (tertiary/aromatic N) is 1. The molecule has 1 heteroatoms. The highest BCUT2D eigenvalue weighted by Gasteiger charge is 2.31. The Morgan fingerprint density at radius 3 is 2.00 bits per heavy atom. The predicted octanol–water partition coefficient (Wildman–Crippen LogP) is 5.50. The molecule has 102 valence electrons. The van der Waals surface area contributed by atoms with Crippen molar-refractivity contribution in [3.8, 4) is 0 Å². The van der Waals surface area contributed by atoms with E-state index in [1.807, 2.05) is 12.3 Å². The van der Waals surface area contributed by atoms with Crippen molar-refractivity contribution in [2.24, 2.45) is 0 Å². The normalized spacial score (nSPS) is 11.7. The Hall–Kier alpha value is -0.850. The lowest BCUT2D eigenvalue weighted by molar-refractivity contribution is 0.307. The molecule has 0 spiro atoms. The lowest BCUT2D eigenvalue weighted by Gasteiger charge is -2.33. The van der Waals surface area contributed by atoms with Crippen LogP contribution in [0.4, 0.5) is 0 Å². The smallest absolute Gasteiger partial charge is 0.0465 e. The molecule has 1 aromatic heterocycles. The van der Waals surface area contributed by atoms with Crippen LogP contribution >= 0.6 is 0 Å². The number of pyridine rings is 1. The molecule has 1 aromatic rings. The summed E-state index contributed by atoms with van der Waals surface area (Å²) >= 11 is 0. The van der Waals surface area contributed by atoms with Crippen LogP contribution < -0.4 is 0 Å². The van der Waals surface area contributed by atoms with Gasteiger partial charge in [-0.25, -0.2) is 0 Å². The van der Waals surface area contributed by atoms with Crippen molar-refractivity contribution in [2.45, 2.75) is 77.6 Å². The fourth-order valence-electron chi connectivity index (χ4n) is 2.94. The zero-order valence-corrected chi connectivity index (χ0v) is 12.4. The molecule has 0 bridgehead atoms. The molecule has 0 radical (unpaired) electrons. The minimum Gasteiger partial charge on any atom is -0.261 e. The van der Waals surface area contributed by atoms with Crippen molar-refractivity contribution in [2.75, 3.05) is 0 Å². The molecule has 0 aliphatic rings. The van der Waals surface area contributed by atoms with Gasteiger partial charge in [0, 0.05) is 17.3 Å². The Balaban J connectivity index is 2.94. The van der Waals surface area contributed by atoms with E-state index in [9.17, 15) is 0 Å². The van der Waals surface area contributed by atoms with Gasteiger partial charge in [-0.2, -0.15) is 0 Å². The lowest BCUT2D eigenvalue weighted by atomic mass is 9.72. The fourth-order valence-corrected chi connectivity index (χ4v) is 2.94. The summed E-state index contributed by atoms with van der Waals surface area (Å²) < 4.78 is 0. The summed E-state index contributed by atoms with van der Waals surface area (Å²) in [7, 11) is 0. The summed E-state index contributed by atoms with van der Waals surface area (Å²) in [6.45, 7) is 6.87. The number of rotatable bonds is 9. The lowest BCUT2D eigenvalue weighted by Crippen LogP contribution is -2.27. The topological polar surface area (TPSA) is 12.9 Å². The molecule has 1 heterocycles. The summed E-state index contributed by atoms with van der Waals surface area (Å²) in [5.74, 6) is 0. The third-order valence-corrected chi connectivity index (χ3v) is 3.95. The van der Waals surface area contributed by atoms with Crippen molar-refractivity contribution in [1.29, 1.82) is 0 Å². The van der Waals surface area contributed by atoms with E-state index in [0.29, 0.717) is 5.41 Å². The first kappa shape index (κ1) is 15.2. The molecular weight excluding hydrogens is 218 g/mol. The van der Waals surface area contributed by atoms with Crippen LogP contribution in [0.15, 0.2) is 24.4 Å². The maximum Gasteiger partial charge on any atom is 0.0465 e. The molecule has 0 fully saturated rings. The number of hydrogen-bond acceptors (Lipinski definition) is 1. The SMILES string of the molecule is CCCCC(CCC)(CCCC)c1ccccn1. The summed E-state index contributed by atoms with van der Waals surface area (Å²) in [5.41, 5.74) is 1.66. The van der Waals surface area contributed by atoms with Gasteiger partial charge in [-0.3, -0.25) is 4.98 Å². The van der Waals surface area contributed by atoms with Gasteiger partial charge >= 0.3 is 0 Å². The molecule has 0 aromatic carbocycles. The van der Waals surface area contributed by atoms with Crippen LogP contribution in [0, 0.1) is 0 Å². The van der Waals surface area contributed by atoms with Crippen molar-refractivity contribution in [3.05, 3.63) is 30.1 Å². The first-order valence-electron chi connectivity index (χ1n) is 7.70. The van der Waals surface area contributed by atoms with Gasteiger partial charge in [-0.1, -0.05) is 58.9 Å². The van der Waals surface area contributed by atoms with Gasteiger partial charge in [0.25, 0.3) is 0 Å². The second-order valence-electron chi connectivity index (χ2n) is 5.45. The first-order chi connectivity index (χ1) is 8.79. The zero-order chi connectivity index (χ0) is 13.3. The minimum atomic E-state index is 0.335. The highest BCUT2D eigenvalue weighted by Crippen LogP contribution is 2.38. The Labute approximate surface area is 113 Å². The molecule has 0 unspecified atom stereocenters. The predicted molar refractivity (Wildman–Crippen MR) is 79.9 cm³/mol. The average molecular weight is 247 g/mol. The third-order valence-electron chi connectivity index (χ3n) is 3.95. The molecule has 0 saturated carbocycles. The summed E-state index contributed by atoms with van der Waals surface area (Å²) in [4.78, 5) is 4.68. The number of unbranched alkanes of at least 4 members (excludes halogenated alkanes) is 2. The number of aromatic nitrogens is 1. The molecule has 0 amide bonds.